The van der Waals surface area contributed by atoms with E-state index in [-0.39, 0.29) is 13.0 Å². The summed E-state index contributed by atoms with van der Waals surface area (Å²) in [5.74, 6) is -1.05. The standard InChI is InChI=1S/C26H22O5/c27-17-26(18-30-24(28)22-9-5-2-6-10-22)16-23(25(29)31-26)15-19-11-13-21(14-12-19)20-7-3-1-4-8-20/h1-15,27H,16-18H2/b23-15-. The minimum atomic E-state index is -1.27. The van der Waals surface area contributed by atoms with E-state index in [1.54, 1.807) is 36.4 Å². The van der Waals surface area contributed by atoms with Crippen molar-refractivity contribution in [1.29, 1.82) is 0 Å². The highest BCUT2D eigenvalue weighted by Gasteiger charge is 2.44. The van der Waals surface area contributed by atoms with Crippen LogP contribution in [0, 0.1) is 0 Å². The summed E-state index contributed by atoms with van der Waals surface area (Å²) < 4.78 is 10.7. The van der Waals surface area contributed by atoms with Crippen LogP contribution in [0.3, 0.4) is 0 Å². The lowest BCUT2D eigenvalue weighted by atomic mass is 9.97. The zero-order chi connectivity index (χ0) is 21.7. The Kier molecular flexibility index (Phi) is 5.96. The summed E-state index contributed by atoms with van der Waals surface area (Å²) in [5, 5.41) is 9.87. The summed E-state index contributed by atoms with van der Waals surface area (Å²) in [4.78, 5) is 24.6. The Hall–Kier alpha value is -3.70. The zero-order valence-electron chi connectivity index (χ0n) is 16.9. The molecule has 3 aromatic carbocycles. The second kappa shape index (κ2) is 8.98. The molecule has 5 heteroatoms. The number of aliphatic hydroxyl groups is 1. The third-order valence-corrected chi connectivity index (χ3v) is 5.21. The van der Waals surface area contributed by atoms with Crippen molar-refractivity contribution in [3.8, 4) is 11.1 Å². The average molecular weight is 414 g/mol. The number of hydrogen-bond acceptors (Lipinski definition) is 5. The normalized spacial score (nSPS) is 19.3. The molecule has 31 heavy (non-hydrogen) atoms. The molecular weight excluding hydrogens is 392 g/mol. The highest BCUT2D eigenvalue weighted by Crippen LogP contribution is 2.33. The Morgan fingerprint density at radius 3 is 2.19 bits per heavy atom. The molecule has 0 saturated carbocycles. The van der Waals surface area contributed by atoms with Gasteiger partial charge in [-0.3, -0.25) is 0 Å². The largest absolute Gasteiger partial charge is 0.458 e. The van der Waals surface area contributed by atoms with Gasteiger partial charge in [-0.2, -0.15) is 0 Å². The van der Waals surface area contributed by atoms with Crippen LogP contribution in [0.4, 0.5) is 0 Å². The van der Waals surface area contributed by atoms with Gasteiger partial charge in [-0.25, -0.2) is 9.59 Å². The first kappa shape index (κ1) is 20.6. The number of cyclic esters (lactones) is 1. The maximum Gasteiger partial charge on any atom is 0.338 e. The number of carbonyl (C=O) groups is 2. The topological polar surface area (TPSA) is 72.8 Å². The van der Waals surface area contributed by atoms with Crippen LogP contribution in [0.15, 0.2) is 90.5 Å². The van der Waals surface area contributed by atoms with Gasteiger partial charge in [-0.05, 0) is 34.9 Å². The number of esters is 2. The van der Waals surface area contributed by atoms with Crippen molar-refractivity contribution in [2.24, 2.45) is 0 Å². The lowest BCUT2D eigenvalue weighted by molar-refractivity contribution is -0.154. The molecule has 1 N–H and O–H groups in total. The predicted molar refractivity (Wildman–Crippen MR) is 117 cm³/mol. The van der Waals surface area contributed by atoms with Gasteiger partial charge in [0, 0.05) is 12.0 Å². The van der Waals surface area contributed by atoms with E-state index in [1.165, 1.54) is 0 Å². The van der Waals surface area contributed by atoms with Gasteiger partial charge >= 0.3 is 11.9 Å². The van der Waals surface area contributed by atoms with E-state index < -0.39 is 24.1 Å². The van der Waals surface area contributed by atoms with Crippen LogP contribution in [-0.2, 0) is 14.3 Å². The third kappa shape index (κ3) is 4.73. The Labute approximate surface area is 180 Å². The van der Waals surface area contributed by atoms with Crippen molar-refractivity contribution < 1.29 is 24.2 Å². The van der Waals surface area contributed by atoms with E-state index in [0.29, 0.717) is 11.1 Å². The molecule has 1 saturated heterocycles. The summed E-state index contributed by atoms with van der Waals surface area (Å²) in [6.07, 6.45) is 1.90. The minimum absolute atomic E-state index is 0.158. The lowest BCUT2D eigenvalue weighted by Gasteiger charge is -2.24. The monoisotopic (exact) mass is 414 g/mol. The Bertz CT molecular complexity index is 1090. The molecule has 156 valence electrons. The van der Waals surface area contributed by atoms with Gasteiger partial charge in [0.1, 0.15) is 6.61 Å². The first-order chi connectivity index (χ1) is 15.1. The molecule has 0 radical (unpaired) electrons. The molecule has 5 nitrogen and oxygen atoms in total. The third-order valence-electron chi connectivity index (χ3n) is 5.21. The van der Waals surface area contributed by atoms with E-state index in [9.17, 15) is 14.7 Å². The van der Waals surface area contributed by atoms with Crippen molar-refractivity contribution in [1.82, 2.24) is 0 Å². The Morgan fingerprint density at radius 1 is 0.935 bits per heavy atom. The molecule has 1 heterocycles. The quantitative estimate of drug-likeness (QED) is 0.482. The Morgan fingerprint density at radius 2 is 1.55 bits per heavy atom. The molecule has 0 aliphatic carbocycles. The van der Waals surface area contributed by atoms with Crippen LogP contribution < -0.4 is 0 Å². The van der Waals surface area contributed by atoms with Crippen molar-refractivity contribution in [2.75, 3.05) is 13.2 Å². The number of hydrogen-bond donors (Lipinski definition) is 1. The maximum atomic E-state index is 12.4. The van der Waals surface area contributed by atoms with Gasteiger partial charge in [0.05, 0.1) is 12.2 Å². The number of ether oxygens (including phenoxy) is 2. The van der Waals surface area contributed by atoms with Crippen molar-refractivity contribution in [3.05, 3.63) is 102 Å². The molecule has 3 aromatic rings. The maximum absolute atomic E-state index is 12.4. The molecule has 0 aromatic heterocycles. The van der Waals surface area contributed by atoms with Crippen molar-refractivity contribution >= 4 is 18.0 Å². The highest BCUT2D eigenvalue weighted by molar-refractivity contribution is 5.96. The van der Waals surface area contributed by atoms with Crippen LogP contribution in [0.2, 0.25) is 0 Å². The summed E-state index contributed by atoms with van der Waals surface area (Å²) in [6, 6.07) is 26.4. The number of aliphatic hydroxyl groups excluding tert-OH is 1. The summed E-state index contributed by atoms with van der Waals surface area (Å²) in [7, 11) is 0. The molecule has 0 bridgehead atoms. The van der Waals surface area contributed by atoms with Crippen LogP contribution in [-0.4, -0.2) is 35.9 Å². The molecule has 0 spiro atoms. The molecule has 1 aliphatic heterocycles. The van der Waals surface area contributed by atoms with Gasteiger partial charge in [0.25, 0.3) is 0 Å². The molecule has 1 fully saturated rings. The highest BCUT2D eigenvalue weighted by atomic mass is 16.6. The van der Waals surface area contributed by atoms with Gasteiger partial charge < -0.3 is 14.6 Å². The number of rotatable bonds is 6. The van der Waals surface area contributed by atoms with Crippen LogP contribution >= 0.6 is 0 Å². The molecule has 0 amide bonds. The smallest absolute Gasteiger partial charge is 0.338 e. The van der Waals surface area contributed by atoms with Crippen molar-refractivity contribution in [3.63, 3.8) is 0 Å². The zero-order valence-corrected chi connectivity index (χ0v) is 16.9. The van der Waals surface area contributed by atoms with E-state index >= 15 is 0 Å². The van der Waals surface area contributed by atoms with Crippen LogP contribution in [0.25, 0.3) is 17.2 Å². The fourth-order valence-corrected chi connectivity index (χ4v) is 3.50. The minimum Gasteiger partial charge on any atom is -0.458 e. The fourth-order valence-electron chi connectivity index (χ4n) is 3.50. The van der Waals surface area contributed by atoms with E-state index in [0.717, 1.165) is 16.7 Å². The second-order valence-corrected chi connectivity index (χ2v) is 7.51. The fraction of sp³-hybridized carbons (Fsp3) is 0.154. The number of benzene rings is 3. The van der Waals surface area contributed by atoms with Gasteiger partial charge in [-0.15, -0.1) is 0 Å². The molecule has 1 atom stereocenters. The summed E-state index contributed by atoms with van der Waals surface area (Å²) in [5.41, 5.74) is 2.60. The average Bonchev–Trinajstić information content (AvgIpc) is 3.14. The van der Waals surface area contributed by atoms with Gasteiger partial charge in [0.15, 0.2) is 5.60 Å². The van der Waals surface area contributed by atoms with E-state index in [2.05, 4.69) is 0 Å². The van der Waals surface area contributed by atoms with E-state index in [1.807, 2.05) is 54.6 Å². The van der Waals surface area contributed by atoms with E-state index in [4.69, 9.17) is 9.47 Å². The second-order valence-electron chi connectivity index (χ2n) is 7.51. The SMILES string of the molecule is O=C1OC(CO)(COC(=O)c2ccccc2)C/C1=C/c1ccc(-c2ccccc2)cc1. The number of carbonyl (C=O) groups excluding carboxylic acids is 2. The molecule has 1 aliphatic rings. The molecule has 1 unspecified atom stereocenters. The predicted octanol–water partition coefficient (Wildman–Crippen LogP) is 4.27. The lowest BCUT2D eigenvalue weighted by Crippen LogP contribution is -2.39. The first-order valence-corrected chi connectivity index (χ1v) is 10.0. The summed E-state index contributed by atoms with van der Waals surface area (Å²) in [6.45, 7) is -0.654. The van der Waals surface area contributed by atoms with Gasteiger partial charge in [-0.1, -0.05) is 72.8 Å². The Balaban J connectivity index is 1.45. The first-order valence-electron chi connectivity index (χ1n) is 10.0. The van der Waals surface area contributed by atoms with Crippen LogP contribution in [0.1, 0.15) is 22.3 Å². The molecule has 4 rings (SSSR count). The van der Waals surface area contributed by atoms with Crippen LogP contribution in [0.5, 0.6) is 0 Å². The van der Waals surface area contributed by atoms with Crippen molar-refractivity contribution in [2.45, 2.75) is 12.0 Å². The molecular formula is C26H22O5. The summed E-state index contributed by atoms with van der Waals surface area (Å²) >= 11 is 0. The van der Waals surface area contributed by atoms with Gasteiger partial charge in [0.2, 0.25) is 0 Å².